The first-order valence-electron chi connectivity index (χ1n) is 6.23. The summed E-state index contributed by atoms with van der Waals surface area (Å²) in [5, 5.41) is 8.50. The largest absolute Gasteiger partial charge is 0.493 e. The van der Waals surface area contributed by atoms with Crippen LogP contribution in [0.25, 0.3) is 6.08 Å². The lowest BCUT2D eigenvalue weighted by Gasteiger charge is -2.11. The molecule has 0 aliphatic rings. The first-order valence-corrected chi connectivity index (χ1v) is 6.23. The molecule has 5 heteroatoms. The van der Waals surface area contributed by atoms with Gasteiger partial charge in [0.25, 0.3) is 0 Å². The fourth-order valence-electron chi connectivity index (χ4n) is 1.47. The van der Waals surface area contributed by atoms with Crippen molar-refractivity contribution in [2.45, 2.75) is 6.92 Å². The Hall–Kier alpha value is -2.48. The summed E-state index contributed by atoms with van der Waals surface area (Å²) in [7, 11) is 3.27. The van der Waals surface area contributed by atoms with Gasteiger partial charge in [0.05, 0.1) is 7.11 Å². The molecule has 1 amide bonds. The highest BCUT2D eigenvalue weighted by Gasteiger charge is 2.05. The number of carbonyl (C=O) groups is 1. The molecule has 0 saturated heterocycles. The van der Waals surface area contributed by atoms with Gasteiger partial charge < -0.3 is 14.4 Å². The number of methoxy groups -OCH3 is 1. The van der Waals surface area contributed by atoms with E-state index >= 15 is 0 Å². The molecule has 0 fully saturated rings. The van der Waals surface area contributed by atoms with E-state index in [1.54, 1.807) is 36.2 Å². The fraction of sp³-hybridized carbons (Fsp3) is 0.333. The number of hydrogen-bond acceptors (Lipinski definition) is 4. The molecule has 0 saturated carbocycles. The Kier molecular flexibility index (Phi) is 6.11. The van der Waals surface area contributed by atoms with Crippen LogP contribution in [0.4, 0.5) is 0 Å². The van der Waals surface area contributed by atoms with Gasteiger partial charge in [0.2, 0.25) is 5.91 Å². The number of nitrogens with zero attached hydrogens (tertiary/aromatic N) is 2. The number of rotatable bonds is 6. The van der Waals surface area contributed by atoms with Crippen molar-refractivity contribution in [3.8, 4) is 17.6 Å². The topological polar surface area (TPSA) is 62.6 Å². The number of amides is 1. The zero-order chi connectivity index (χ0) is 15.0. The Bertz CT molecular complexity index is 532. The Morgan fingerprint density at radius 2 is 2.20 bits per heavy atom. The van der Waals surface area contributed by atoms with Crippen molar-refractivity contribution in [3.63, 3.8) is 0 Å². The zero-order valence-corrected chi connectivity index (χ0v) is 11.9. The van der Waals surface area contributed by atoms with Crippen molar-refractivity contribution in [1.82, 2.24) is 4.90 Å². The van der Waals surface area contributed by atoms with Crippen LogP contribution in [-0.4, -0.2) is 38.1 Å². The van der Waals surface area contributed by atoms with Gasteiger partial charge in [-0.2, -0.15) is 5.26 Å². The van der Waals surface area contributed by atoms with E-state index in [0.717, 1.165) is 5.56 Å². The summed E-state index contributed by atoms with van der Waals surface area (Å²) in [6.07, 6.45) is 3.22. The van der Waals surface area contributed by atoms with Crippen molar-refractivity contribution < 1.29 is 14.3 Å². The summed E-state index contributed by atoms with van der Waals surface area (Å²) in [5.41, 5.74) is 0.823. The van der Waals surface area contributed by atoms with E-state index < -0.39 is 0 Å². The van der Waals surface area contributed by atoms with Crippen molar-refractivity contribution in [1.29, 1.82) is 5.26 Å². The number of hydrogen-bond donors (Lipinski definition) is 0. The van der Waals surface area contributed by atoms with Gasteiger partial charge >= 0.3 is 0 Å². The lowest BCUT2D eigenvalue weighted by atomic mass is 10.2. The molecule has 0 radical (unpaired) electrons. The molecule has 0 aliphatic carbocycles. The molecular formula is C15H18N2O3. The average molecular weight is 274 g/mol. The molecule has 0 unspecified atom stereocenters. The van der Waals surface area contributed by atoms with E-state index in [2.05, 4.69) is 0 Å². The minimum Gasteiger partial charge on any atom is -0.493 e. The summed E-state index contributed by atoms with van der Waals surface area (Å²) >= 11 is 0. The van der Waals surface area contributed by atoms with Crippen LogP contribution in [-0.2, 0) is 4.79 Å². The van der Waals surface area contributed by atoms with Gasteiger partial charge in [-0.1, -0.05) is 6.07 Å². The van der Waals surface area contributed by atoms with Gasteiger partial charge in [0, 0.05) is 19.7 Å². The number of likely N-dealkylation sites (N-methyl/N-ethyl adjacent to an activating group) is 1. The Balaban J connectivity index is 2.85. The van der Waals surface area contributed by atoms with E-state index in [-0.39, 0.29) is 12.5 Å². The molecule has 1 aromatic rings. The maximum absolute atomic E-state index is 11.7. The minimum absolute atomic E-state index is 0.0364. The van der Waals surface area contributed by atoms with Crippen LogP contribution in [0.3, 0.4) is 0 Å². The van der Waals surface area contributed by atoms with E-state index in [0.29, 0.717) is 18.0 Å². The maximum atomic E-state index is 11.7. The quantitative estimate of drug-likeness (QED) is 0.745. The third-order valence-electron chi connectivity index (χ3n) is 2.75. The summed E-state index contributed by atoms with van der Waals surface area (Å²) in [6, 6.07) is 7.16. The summed E-state index contributed by atoms with van der Waals surface area (Å²) in [5.74, 6) is 0.971. The molecule has 0 aromatic heterocycles. The molecule has 0 heterocycles. The van der Waals surface area contributed by atoms with Gasteiger partial charge in [-0.3, -0.25) is 4.79 Å². The first kappa shape index (κ1) is 15.6. The highest BCUT2D eigenvalue weighted by atomic mass is 16.5. The third kappa shape index (κ3) is 4.32. The number of ether oxygens (including phenoxy) is 2. The Morgan fingerprint density at radius 1 is 1.45 bits per heavy atom. The van der Waals surface area contributed by atoms with Crippen LogP contribution in [0.2, 0.25) is 0 Å². The molecule has 1 aromatic carbocycles. The van der Waals surface area contributed by atoms with Crippen molar-refractivity contribution >= 4 is 12.0 Å². The van der Waals surface area contributed by atoms with Gasteiger partial charge in [0.1, 0.15) is 6.07 Å². The number of benzene rings is 1. The van der Waals surface area contributed by atoms with Crippen molar-refractivity contribution in [2.24, 2.45) is 0 Å². The second-order valence-corrected chi connectivity index (χ2v) is 4.04. The van der Waals surface area contributed by atoms with Gasteiger partial charge in [-0.25, -0.2) is 0 Å². The van der Waals surface area contributed by atoms with Crippen LogP contribution in [0, 0.1) is 11.3 Å². The summed E-state index contributed by atoms with van der Waals surface area (Å²) < 4.78 is 10.4. The zero-order valence-electron chi connectivity index (χ0n) is 11.9. The number of nitriles is 1. The lowest BCUT2D eigenvalue weighted by molar-refractivity contribution is -0.124. The molecular weight excluding hydrogens is 256 g/mol. The van der Waals surface area contributed by atoms with Crippen LogP contribution in [0.15, 0.2) is 24.3 Å². The molecule has 0 atom stereocenters. The van der Waals surface area contributed by atoms with Crippen molar-refractivity contribution in [3.05, 3.63) is 29.8 Å². The standard InChI is InChI=1S/C15H18N2O3/c1-4-17(2)15(18)8-6-12-5-7-13(20-10-9-16)14(11-12)19-3/h5-8,11H,4,10H2,1-3H3/b8-6+. The Labute approximate surface area is 119 Å². The molecule has 1 rings (SSSR count). The SMILES string of the molecule is CCN(C)C(=O)/C=C/c1ccc(OCC#N)c(OC)c1. The molecule has 0 N–H and O–H groups in total. The molecule has 5 nitrogen and oxygen atoms in total. The monoisotopic (exact) mass is 274 g/mol. The molecule has 0 aliphatic heterocycles. The second kappa shape index (κ2) is 7.85. The normalized spacial score (nSPS) is 10.1. The molecule has 106 valence electrons. The average Bonchev–Trinajstić information content (AvgIpc) is 2.49. The van der Waals surface area contributed by atoms with Crippen LogP contribution in [0.1, 0.15) is 12.5 Å². The van der Waals surface area contributed by atoms with Gasteiger partial charge in [0.15, 0.2) is 18.1 Å². The minimum atomic E-state index is -0.0590. The molecule has 20 heavy (non-hydrogen) atoms. The first-order chi connectivity index (χ1) is 9.62. The maximum Gasteiger partial charge on any atom is 0.246 e. The second-order valence-electron chi connectivity index (χ2n) is 4.04. The lowest BCUT2D eigenvalue weighted by Crippen LogP contribution is -2.23. The van der Waals surface area contributed by atoms with E-state index in [4.69, 9.17) is 14.7 Å². The van der Waals surface area contributed by atoms with E-state index in [1.165, 1.54) is 13.2 Å². The van der Waals surface area contributed by atoms with Crippen LogP contribution >= 0.6 is 0 Å². The Morgan fingerprint density at radius 3 is 2.80 bits per heavy atom. The van der Waals surface area contributed by atoms with Gasteiger partial charge in [-0.15, -0.1) is 0 Å². The van der Waals surface area contributed by atoms with Crippen molar-refractivity contribution in [2.75, 3.05) is 27.3 Å². The summed E-state index contributed by atoms with van der Waals surface area (Å²) in [6.45, 7) is 2.54. The predicted molar refractivity (Wildman–Crippen MR) is 76.4 cm³/mol. The molecule has 0 spiro atoms. The fourth-order valence-corrected chi connectivity index (χ4v) is 1.47. The highest BCUT2D eigenvalue weighted by Crippen LogP contribution is 2.28. The molecule has 0 bridgehead atoms. The third-order valence-corrected chi connectivity index (χ3v) is 2.75. The van der Waals surface area contributed by atoms with Crippen LogP contribution in [0.5, 0.6) is 11.5 Å². The predicted octanol–water partition coefficient (Wildman–Crippen LogP) is 2.09. The smallest absolute Gasteiger partial charge is 0.246 e. The number of carbonyl (C=O) groups excluding carboxylic acids is 1. The van der Waals surface area contributed by atoms with E-state index in [9.17, 15) is 4.79 Å². The summed E-state index contributed by atoms with van der Waals surface area (Å²) in [4.78, 5) is 13.3. The van der Waals surface area contributed by atoms with Crippen LogP contribution < -0.4 is 9.47 Å². The van der Waals surface area contributed by atoms with Gasteiger partial charge in [-0.05, 0) is 30.7 Å². The van der Waals surface area contributed by atoms with E-state index in [1.807, 2.05) is 13.0 Å². The highest BCUT2D eigenvalue weighted by molar-refractivity contribution is 5.91.